The number of phenols is 1. The Balaban J connectivity index is 2.91. The van der Waals surface area contributed by atoms with Crippen LogP contribution in [0.5, 0.6) is 5.75 Å². The molecule has 0 saturated heterocycles. The number of anilines is 1. The molecule has 5 nitrogen and oxygen atoms in total. The number of rotatable bonds is 1. The molecular weight excluding hydrogens is 204 g/mol. The third-order valence-corrected chi connectivity index (χ3v) is 2.87. The van der Waals surface area contributed by atoms with E-state index in [1.165, 1.54) is 11.3 Å². The van der Waals surface area contributed by atoms with Crippen molar-refractivity contribution < 1.29 is 10.0 Å². The van der Waals surface area contributed by atoms with E-state index in [0.717, 1.165) is 6.07 Å². The van der Waals surface area contributed by atoms with Crippen LogP contribution in [0.3, 0.4) is 0 Å². The molecule has 0 aliphatic heterocycles. The van der Waals surface area contributed by atoms with Gasteiger partial charge in [0.05, 0.1) is 16.7 Å². The molecule has 6 heteroatoms. The Hall–Kier alpha value is -1.82. The lowest BCUT2D eigenvalue weighted by Crippen LogP contribution is -1.91. The number of hydrogen-bond donors (Lipinski definition) is 2. The van der Waals surface area contributed by atoms with Gasteiger partial charge in [-0.1, -0.05) is 0 Å². The predicted molar refractivity (Wildman–Crippen MR) is 54.6 cm³/mol. The number of nitro groups is 1. The van der Waals surface area contributed by atoms with Crippen LogP contribution in [0.15, 0.2) is 17.5 Å². The van der Waals surface area contributed by atoms with E-state index in [1.807, 2.05) is 0 Å². The quantitative estimate of drug-likeness (QED) is 0.326. The molecule has 3 N–H and O–H groups in total. The van der Waals surface area contributed by atoms with E-state index in [2.05, 4.69) is 0 Å². The molecular formula is C8H6N2O3S. The average molecular weight is 210 g/mol. The Morgan fingerprint density at radius 1 is 1.57 bits per heavy atom. The first kappa shape index (κ1) is 8.76. The van der Waals surface area contributed by atoms with Gasteiger partial charge in [-0.3, -0.25) is 10.1 Å². The summed E-state index contributed by atoms with van der Waals surface area (Å²) in [4.78, 5) is 10.1. The standard InChI is InChI=1S/C8H6N2O3S/c9-7-4-1-2-14-8(4)5(10(12)13)3-6(7)11/h1-3,11H,9H2. The van der Waals surface area contributed by atoms with Gasteiger partial charge in [-0.25, -0.2) is 0 Å². The molecule has 0 saturated carbocycles. The van der Waals surface area contributed by atoms with E-state index in [-0.39, 0.29) is 17.1 Å². The summed E-state index contributed by atoms with van der Waals surface area (Å²) in [5.74, 6) is -0.248. The molecule has 0 aliphatic rings. The number of non-ortho nitro benzene ring substituents is 1. The van der Waals surface area contributed by atoms with Crippen molar-refractivity contribution in [3.63, 3.8) is 0 Å². The van der Waals surface area contributed by atoms with Crippen LogP contribution in [-0.4, -0.2) is 10.0 Å². The van der Waals surface area contributed by atoms with Crippen molar-refractivity contribution in [2.45, 2.75) is 0 Å². The largest absolute Gasteiger partial charge is 0.506 e. The van der Waals surface area contributed by atoms with Gasteiger partial charge in [0.15, 0.2) is 0 Å². The molecule has 0 aliphatic carbocycles. The number of thiophene rings is 1. The number of nitrogens with zero attached hydrogens (tertiary/aromatic N) is 1. The van der Waals surface area contributed by atoms with Gasteiger partial charge in [-0.05, 0) is 11.4 Å². The van der Waals surface area contributed by atoms with Crippen molar-refractivity contribution in [3.05, 3.63) is 27.6 Å². The summed E-state index contributed by atoms with van der Waals surface area (Å²) in [5, 5.41) is 22.2. The fourth-order valence-electron chi connectivity index (χ4n) is 1.27. The molecule has 72 valence electrons. The van der Waals surface area contributed by atoms with Gasteiger partial charge in [-0.2, -0.15) is 0 Å². The van der Waals surface area contributed by atoms with E-state index >= 15 is 0 Å². The highest BCUT2D eigenvalue weighted by molar-refractivity contribution is 7.17. The SMILES string of the molecule is Nc1c(O)cc([N+](=O)[O-])c2sccc12. The maximum absolute atomic E-state index is 10.6. The molecule has 0 bridgehead atoms. The number of phenolic OH excluding ortho intramolecular Hbond substituents is 1. The van der Waals surface area contributed by atoms with Gasteiger partial charge >= 0.3 is 0 Å². The van der Waals surface area contributed by atoms with Crippen molar-refractivity contribution in [1.29, 1.82) is 0 Å². The van der Waals surface area contributed by atoms with Crippen LogP contribution in [0.2, 0.25) is 0 Å². The average Bonchev–Trinajstić information content (AvgIpc) is 2.59. The van der Waals surface area contributed by atoms with Gasteiger partial charge in [0.25, 0.3) is 5.69 Å². The Labute approximate surface area is 82.5 Å². The van der Waals surface area contributed by atoms with Crippen molar-refractivity contribution in [3.8, 4) is 5.75 Å². The molecule has 14 heavy (non-hydrogen) atoms. The maximum atomic E-state index is 10.6. The number of fused-ring (bicyclic) bond motifs is 1. The zero-order valence-electron chi connectivity index (χ0n) is 6.93. The second-order valence-electron chi connectivity index (χ2n) is 2.75. The van der Waals surface area contributed by atoms with Crippen LogP contribution < -0.4 is 5.73 Å². The summed E-state index contributed by atoms with van der Waals surface area (Å²) < 4.78 is 0.491. The molecule has 1 aromatic heterocycles. The summed E-state index contributed by atoms with van der Waals surface area (Å²) in [5.41, 5.74) is 5.64. The molecule has 0 atom stereocenters. The number of benzene rings is 1. The molecule has 0 radical (unpaired) electrons. The van der Waals surface area contributed by atoms with Crippen molar-refractivity contribution in [2.24, 2.45) is 0 Å². The van der Waals surface area contributed by atoms with Crippen molar-refractivity contribution in [1.82, 2.24) is 0 Å². The number of hydrogen-bond acceptors (Lipinski definition) is 5. The first-order valence-electron chi connectivity index (χ1n) is 3.74. The van der Waals surface area contributed by atoms with Crippen LogP contribution in [0.1, 0.15) is 0 Å². The van der Waals surface area contributed by atoms with Crippen molar-refractivity contribution >= 4 is 32.8 Å². The van der Waals surface area contributed by atoms with Crippen LogP contribution in [-0.2, 0) is 0 Å². The minimum absolute atomic E-state index is 0.110. The van der Waals surface area contributed by atoms with Crippen molar-refractivity contribution in [2.75, 3.05) is 5.73 Å². The highest BCUT2D eigenvalue weighted by Gasteiger charge is 2.17. The fraction of sp³-hybridized carbons (Fsp3) is 0. The molecule has 0 amide bonds. The van der Waals surface area contributed by atoms with Crippen LogP contribution >= 0.6 is 11.3 Å². The molecule has 0 unspecified atom stereocenters. The summed E-state index contributed by atoms with van der Waals surface area (Å²) in [7, 11) is 0. The van der Waals surface area contributed by atoms with Gasteiger partial charge in [0.1, 0.15) is 10.4 Å². The van der Waals surface area contributed by atoms with Gasteiger partial charge < -0.3 is 10.8 Å². The second kappa shape index (κ2) is 2.85. The third kappa shape index (κ3) is 1.08. The zero-order chi connectivity index (χ0) is 10.3. The van der Waals surface area contributed by atoms with Crippen LogP contribution in [0.25, 0.3) is 10.1 Å². The topological polar surface area (TPSA) is 89.4 Å². The van der Waals surface area contributed by atoms with Crippen LogP contribution in [0.4, 0.5) is 11.4 Å². The molecule has 2 rings (SSSR count). The Morgan fingerprint density at radius 3 is 2.93 bits per heavy atom. The van der Waals surface area contributed by atoms with Gasteiger partial charge in [0, 0.05) is 5.39 Å². The lowest BCUT2D eigenvalue weighted by Gasteiger charge is -2.00. The summed E-state index contributed by atoms with van der Waals surface area (Å²) in [6.45, 7) is 0. The Bertz CT molecular complexity index is 521. The smallest absolute Gasteiger partial charge is 0.290 e. The van der Waals surface area contributed by atoms with E-state index < -0.39 is 4.92 Å². The fourth-order valence-corrected chi connectivity index (χ4v) is 2.17. The first-order valence-corrected chi connectivity index (χ1v) is 4.62. The van der Waals surface area contributed by atoms with E-state index in [9.17, 15) is 15.2 Å². The number of nitrogens with two attached hydrogens (primary N) is 1. The summed E-state index contributed by atoms with van der Waals surface area (Å²) in [6, 6.07) is 2.73. The Kier molecular flexibility index (Phi) is 1.78. The number of nitrogen functional groups attached to an aromatic ring is 1. The summed E-state index contributed by atoms with van der Waals surface area (Å²) >= 11 is 1.23. The molecule has 0 spiro atoms. The highest BCUT2D eigenvalue weighted by Crippen LogP contribution is 2.39. The first-order chi connectivity index (χ1) is 6.61. The number of nitro benzene ring substituents is 1. The second-order valence-corrected chi connectivity index (χ2v) is 3.67. The monoisotopic (exact) mass is 210 g/mol. The van der Waals surface area contributed by atoms with Gasteiger partial charge in [-0.15, -0.1) is 11.3 Å². The van der Waals surface area contributed by atoms with E-state index in [4.69, 9.17) is 5.73 Å². The maximum Gasteiger partial charge on any atom is 0.290 e. The lowest BCUT2D eigenvalue weighted by atomic mass is 10.2. The summed E-state index contributed by atoms with van der Waals surface area (Å²) in [6.07, 6.45) is 0. The number of aromatic hydroxyl groups is 1. The normalized spacial score (nSPS) is 10.6. The van der Waals surface area contributed by atoms with Gasteiger partial charge in [0.2, 0.25) is 0 Å². The molecule has 1 aromatic carbocycles. The molecule has 0 fully saturated rings. The van der Waals surface area contributed by atoms with E-state index in [0.29, 0.717) is 10.1 Å². The lowest BCUT2D eigenvalue weighted by molar-refractivity contribution is -0.382. The minimum atomic E-state index is -0.530. The minimum Gasteiger partial charge on any atom is -0.506 e. The predicted octanol–water partition coefficient (Wildman–Crippen LogP) is 2.10. The Morgan fingerprint density at radius 2 is 2.29 bits per heavy atom. The zero-order valence-corrected chi connectivity index (χ0v) is 7.75. The highest BCUT2D eigenvalue weighted by atomic mass is 32.1. The van der Waals surface area contributed by atoms with E-state index in [1.54, 1.807) is 11.4 Å². The third-order valence-electron chi connectivity index (χ3n) is 1.93. The molecule has 1 heterocycles. The molecule has 2 aromatic rings. The van der Waals surface area contributed by atoms with Crippen LogP contribution in [0, 0.1) is 10.1 Å².